The summed E-state index contributed by atoms with van der Waals surface area (Å²) in [4.78, 5) is 18.6. The summed E-state index contributed by atoms with van der Waals surface area (Å²) < 4.78 is 0. The summed E-state index contributed by atoms with van der Waals surface area (Å²) >= 11 is 0. The molecule has 2 aromatic rings. The molecule has 2 aliphatic heterocycles. The van der Waals surface area contributed by atoms with Gasteiger partial charge in [-0.05, 0) is 37.1 Å². The first-order valence-corrected chi connectivity index (χ1v) is 8.77. The molecule has 0 radical (unpaired) electrons. The van der Waals surface area contributed by atoms with E-state index in [1.807, 2.05) is 41.4 Å². The van der Waals surface area contributed by atoms with Gasteiger partial charge in [0.2, 0.25) is 0 Å². The standard InChI is InChI=1S/C20H22N4O2/c1-13-14(2)20(26)23(19(13)25)18-12-16(15-8-4-3-5-9-15)24(22-18)17-10-6-7-11-21-17/h3-11,16,18-19,22,25H,12H2,1-2H3. The van der Waals surface area contributed by atoms with Crippen LogP contribution in [0.15, 0.2) is 65.9 Å². The van der Waals surface area contributed by atoms with Crippen LogP contribution in [0.2, 0.25) is 0 Å². The van der Waals surface area contributed by atoms with E-state index >= 15 is 0 Å². The van der Waals surface area contributed by atoms with Crippen molar-refractivity contribution in [2.75, 3.05) is 5.01 Å². The molecular weight excluding hydrogens is 328 g/mol. The van der Waals surface area contributed by atoms with Gasteiger partial charge in [-0.3, -0.25) is 14.7 Å². The number of aliphatic hydroxyl groups excluding tert-OH is 1. The Balaban J connectivity index is 1.67. The molecule has 2 N–H and O–H groups in total. The van der Waals surface area contributed by atoms with Crippen molar-refractivity contribution in [3.63, 3.8) is 0 Å². The lowest BCUT2D eigenvalue weighted by atomic mass is 10.0. The Morgan fingerprint density at radius 1 is 1.12 bits per heavy atom. The van der Waals surface area contributed by atoms with Crippen molar-refractivity contribution < 1.29 is 9.90 Å². The van der Waals surface area contributed by atoms with Crippen molar-refractivity contribution >= 4 is 11.7 Å². The van der Waals surface area contributed by atoms with Gasteiger partial charge in [0.25, 0.3) is 5.91 Å². The summed E-state index contributed by atoms with van der Waals surface area (Å²) in [6.45, 7) is 3.57. The van der Waals surface area contributed by atoms with Crippen molar-refractivity contribution in [1.82, 2.24) is 15.3 Å². The SMILES string of the molecule is CC1=C(C)C(O)N(C2CC(c3ccccc3)N(c3ccccn3)N2)C1=O. The van der Waals surface area contributed by atoms with Crippen molar-refractivity contribution in [3.8, 4) is 0 Å². The number of nitrogens with zero attached hydrogens (tertiary/aromatic N) is 3. The van der Waals surface area contributed by atoms with Crippen LogP contribution in [0, 0.1) is 0 Å². The summed E-state index contributed by atoms with van der Waals surface area (Å²) in [7, 11) is 0. The summed E-state index contributed by atoms with van der Waals surface area (Å²) in [5.74, 6) is 0.661. The highest BCUT2D eigenvalue weighted by Gasteiger charge is 2.44. The first kappa shape index (κ1) is 16.8. The lowest BCUT2D eigenvalue weighted by molar-refractivity contribution is -0.135. The minimum absolute atomic E-state index is 0.0114. The Bertz CT molecular complexity index is 790. The van der Waals surface area contributed by atoms with Crippen LogP contribution >= 0.6 is 0 Å². The average Bonchev–Trinajstić information content (AvgIpc) is 3.19. The number of hydrogen-bond acceptors (Lipinski definition) is 5. The molecule has 1 fully saturated rings. The zero-order chi connectivity index (χ0) is 18.3. The maximum Gasteiger partial charge on any atom is 0.253 e. The van der Waals surface area contributed by atoms with Crippen LogP contribution in [-0.2, 0) is 4.79 Å². The van der Waals surface area contributed by atoms with Gasteiger partial charge in [-0.25, -0.2) is 10.4 Å². The largest absolute Gasteiger partial charge is 0.369 e. The molecule has 0 saturated carbocycles. The summed E-state index contributed by atoms with van der Waals surface area (Å²) in [6.07, 6.45) is 1.21. The van der Waals surface area contributed by atoms with Crippen LogP contribution in [0.5, 0.6) is 0 Å². The maximum absolute atomic E-state index is 12.6. The fourth-order valence-corrected chi connectivity index (χ4v) is 3.67. The Hall–Kier alpha value is -2.70. The van der Waals surface area contributed by atoms with E-state index in [1.165, 1.54) is 4.90 Å². The van der Waals surface area contributed by atoms with E-state index in [0.29, 0.717) is 17.6 Å². The zero-order valence-electron chi connectivity index (χ0n) is 14.8. The van der Waals surface area contributed by atoms with Crippen LogP contribution in [0.1, 0.15) is 31.9 Å². The second kappa shape index (κ2) is 6.55. The molecule has 4 rings (SSSR count). The molecular formula is C20H22N4O2. The second-order valence-electron chi connectivity index (χ2n) is 6.76. The third kappa shape index (κ3) is 2.67. The van der Waals surface area contributed by atoms with Crippen LogP contribution in [0.25, 0.3) is 0 Å². The van der Waals surface area contributed by atoms with Gasteiger partial charge >= 0.3 is 0 Å². The number of hydrogen-bond donors (Lipinski definition) is 2. The Kier molecular flexibility index (Phi) is 4.22. The van der Waals surface area contributed by atoms with Crippen molar-refractivity contribution in [1.29, 1.82) is 0 Å². The molecule has 2 aliphatic rings. The smallest absolute Gasteiger partial charge is 0.253 e. The maximum atomic E-state index is 12.6. The molecule has 3 atom stereocenters. The fourth-order valence-electron chi connectivity index (χ4n) is 3.67. The quantitative estimate of drug-likeness (QED) is 0.889. The van der Waals surface area contributed by atoms with Gasteiger partial charge in [-0.15, -0.1) is 0 Å². The van der Waals surface area contributed by atoms with Gasteiger partial charge in [-0.1, -0.05) is 36.4 Å². The number of carbonyl (C=O) groups excluding carboxylic acids is 1. The van der Waals surface area contributed by atoms with Crippen molar-refractivity contribution in [3.05, 3.63) is 71.4 Å². The van der Waals surface area contributed by atoms with Gasteiger partial charge in [0, 0.05) is 18.2 Å². The molecule has 0 aliphatic carbocycles. The number of anilines is 1. The molecule has 1 aromatic carbocycles. The summed E-state index contributed by atoms with van der Waals surface area (Å²) in [5, 5.41) is 12.5. The minimum atomic E-state index is -0.889. The number of benzene rings is 1. The van der Waals surface area contributed by atoms with Gasteiger partial charge in [0.15, 0.2) is 6.23 Å². The van der Waals surface area contributed by atoms with Gasteiger partial charge in [0.1, 0.15) is 12.0 Å². The lowest BCUT2D eigenvalue weighted by Crippen LogP contribution is -2.51. The Morgan fingerprint density at radius 3 is 2.46 bits per heavy atom. The number of pyridine rings is 1. The number of hydrazine groups is 1. The predicted molar refractivity (Wildman–Crippen MR) is 98.7 cm³/mol. The third-order valence-electron chi connectivity index (χ3n) is 5.26. The zero-order valence-corrected chi connectivity index (χ0v) is 14.8. The Morgan fingerprint density at radius 2 is 1.85 bits per heavy atom. The molecule has 6 heteroatoms. The number of amides is 1. The predicted octanol–water partition coefficient (Wildman–Crippen LogP) is 2.36. The number of carbonyl (C=O) groups is 1. The lowest BCUT2D eigenvalue weighted by Gasteiger charge is -2.29. The monoisotopic (exact) mass is 350 g/mol. The van der Waals surface area contributed by atoms with Crippen LogP contribution < -0.4 is 10.4 Å². The fraction of sp³-hybridized carbons (Fsp3) is 0.300. The third-order valence-corrected chi connectivity index (χ3v) is 5.26. The first-order chi connectivity index (χ1) is 12.6. The molecule has 3 heterocycles. The number of rotatable bonds is 3. The van der Waals surface area contributed by atoms with E-state index in [2.05, 4.69) is 22.5 Å². The minimum Gasteiger partial charge on any atom is -0.369 e. The molecule has 0 spiro atoms. The molecule has 6 nitrogen and oxygen atoms in total. The van der Waals surface area contributed by atoms with E-state index in [4.69, 9.17) is 0 Å². The van der Waals surface area contributed by atoms with Crippen molar-refractivity contribution in [2.45, 2.75) is 38.7 Å². The summed E-state index contributed by atoms with van der Waals surface area (Å²) in [5.41, 5.74) is 5.85. The normalized spacial score (nSPS) is 26.1. The topological polar surface area (TPSA) is 68.7 Å². The van der Waals surface area contributed by atoms with E-state index in [0.717, 1.165) is 11.4 Å². The van der Waals surface area contributed by atoms with E-state index < -0.39 is 6.23 Å². The second-order valence-corrected chi connectivity index (χ2v) is 6.76. The van der Waals surface area contributed by atoms with Crippen LogP contribution in [0.3, 0.4) is 0 Å². The van der Waals surface area contributed by atoms with E-state index in [9.17, 15) is 9.90 Å². The van der Waals surface area contributed by atoms with Crippen LogP contribution in [0.4, 0.5) is 5.82 Å². The van der Waals surface area contributed by atoms with E-state index in [-0.39, 0.29) is 18.1 Å². The average molecular weight is 350 g/mol. The molecule has 0 bridgehead atoms. The number of aliphatic hydroxyl groups is 1. The molecule has 3 unspecified atom stereocenters. The summed E-state index contributed by atoms with van der Waals surface area (Å²) in [6, 6.07) is 15.9. The highest BCUT2D eigenvalue weighted by Crippen LogP contribution is 2.37. The van der Waals surface area contributed by atoms with Gasteiger partial charge in [-0.2, -0.15) is 0 Å². The molecule has 1 aromatic heterocycles. The van der Waals surface area contributed by atoms with Gasteiger partial charge < -0.3 is 5.11 Å². The highest BCUT2D eigenvalue weighted by atomic mass is 16.3. The molecule has 1 amide bonds. The Labute approximate surface area is 152 Å². The van der Waals surface area contributed by atoms with Gasteiger partial charge in [0.05, 0.1) is 6.04 Å². The van der Waals surface area contributed by atoms with Crippen molar-refractivity contribution in [2.24, 2.45) is 0 Å². The highest BCUT2D eigenvalue weighted by molar-refractivity contribution is 5.97. The number of nitrogens with one attached hydrogen (secondary N) is 1. The molecule has 134 valence electrons. The molecule has 26 heavy (non-hydrogen) atoms. The van der Waals surface area contributed by atoms with Crippen LogP contribution in [-0.4, -0.2) is 33.3 Å². The first-order valence-electron chi connectivity index (χ1n) is 8.77. The molecule has 1 saturated heterocycles. The van der Waals surface area contributed by atoms with E-state index in [1.54, 1.807) is 20.0 Å². The number of aromatic nitrogens is 1.